The van der Waals surface area contributed by atoms with Crippen LogP contribution in [0.15, 0.2) is 41.3 Å². The molecular weight excluding hydrogens is 464 g/mol. The molecule has 0 spiro atoms. The van der Waals surface area contributed by atoms with E-state index in [9.17, 15) is 26.4 Å². The zero-order chi connectivity index (χ0) is 21.3. The fourth-order valence-corrected chi connectivity index (χ4v) is 4.14. The first-order valence-electron chi connectivity index (χ1n) is 7.40. The second-order valence-corrected chi connectivity index (χ2v) is 8.84. The molecule has 0 fully saturated rings. The summed E-state index contributed by atoms with van der Waals surface area (Å²) < 4.78 is 64.2. The summed E-state index contributed by atoms with van der Waals surface area (Å²) in [6.07, 6.45) is -4.63. The van der Waals surface area contributed by atoms with E-state index in [-0.39, 0.29) is 25.7 Å². The van der Waals surface area contributed by atoms with Gasteiger partial charge >= 0.3 is 6.18 Å². The third-order valence-electron chi connectivity index (χ3n) is 3.52. The van der Waals surface area contributed by atoms with Gasteiger partial charge in [0.05, 0.1) is 27.8 Å². The highest BCUT2D eigenvalue weighted by atomic mass is 35.5. The maximum absolute atomic E-state index is 12.8. The molecule has 2 aromatic carbocycles. The summed E-state index contributed by atoms with van der Waals surface area (Å²) in [7, 11) is -3.07. The van der Waals surface area contributed by atoms with Crippen molar-refractivity contribution >= 4 is 56.4 Å². The van der Waals surface area contributed by atoms with Gasteiger partial charge in [0, 0.05) is 12.1 Å². The molecule has 0 aliphatic rings. The van der Waals surface area contributed by atoms with Gasteiger partial charge in [-0.25, -0.2) is 8.42 Å². The number of carbonyl (C=O) groups excluding carboxylic acids is 1. The number of hydrogen-bond acceptors (Lipinski definition) is 3. The van der Waals surface area contributed by atoms with Crippen LogP contribution in [0, 0.1) is 0 Å². The monoisotopic (exact) mass is 474 g/mol. The number of nitrogens with one attached hydrogen (secondary N) is 1. The van der Waals surface area contributed by atoms with Gasteiger partial charge in [-0.05, 0) is 36.4 Å². The van der Waals surface area contributed by atoms with E-state index in [1.165, 1.54) is 12.1 Å². The van der Waals surface area contributed by atoms with E-state index < -0.39 is 34.2 Å². The van der Waals surface area contributed by atoms with Crippen LogP contribution in [0.25, 0.3) is 0 Å². The van der Waals surface area contributed by atoms with Crippen molar-refractivity contribution in [3.05, 3.63) is 57.0 Å². The number of hydrogen-bond donors (Lipinski definition) is 1. The minimum atomic E-state index is -4.63. The minimum absolute atomic E-state index is 0.0995. The molecule has 0 unspecified atom stereocenters. The highest BCUT2D eigenvalue weighted by Gasteiger charge is 2.31. The normalized spacial score (nSPS) is 12.3. The van der Waals surface area contributed by atoms with E-state index in [2.05, 4.69) is 5.32 Å². The Morgan fingerprint density at radius 3 is 2.29 bits per heavy atom. The molecule has 0 aromatic heterocycles. The van der Waals surface area contributed by atoms with Crippen LogP contribution in [0.1, 0.15) is 5.56 Å². The molecule has 0 radical (unpaired) electrons. The SMILES string of the molecule is CN(CC(=O)Nc1cc(C(F)(F)F)ccc1Cl)S(=O)(=O)c1cc(Cl)ccc1Cl. The molecule has 0 atom stereocenters. The number of amides is 1. The first-order chi connectivity index (χ1) is 12.8. The zero-order valence-corrected chi connectivity index (χ0v) is 17.1. The van der Waals surface area contributed by atoms with Crippen molar-refractivity contribution in [3.8, 4) is 0 Å². The molecule has 152 valence electrons. The average Bonchev–Trinajstić information content (AvgIpc) is 2.57. The third kappa shape index (κ3) is 5.30. The van der Waals surface area contributed by atoms with Crippen LogP contribution < -0.4 is 5.32 Å². The summed E-state index contributed by atoms with van der Waals surface area (Å²) in [6.45, 7) is -0.697. The van der Waals surface area contributed by atoms with Gasteiger partial charge < -0.3 is 5.32 Å². The molecule has 2 rings (SSSR count). The highest BCUT2D eigenvalue weighted by molar-refractivity contribution is 7.89. The van der Waals surface area contributed by atoms with Crippen LogP contribution >= 0.6 is 34.8 Å². The van der Waals surface area contributed by atoms with Crippen LogP contribution in [0.4, 0.5) is 18.9 Å². The Hall–Kier alpha value is -1.52. The number of sulfonamides is 1. The van der Waals surface area contributed by atoms with E-state index in [1.807, 2.05) is 0 Å². The quantitative estimate of drug-likeness (QED) is 0.667. The van der Waals surface area contributed by atoms with Gasteiger partial charge in [0.2, 0.25) is 15.9 Å². The number of carbonyl (C=O) groups is 1. The molecule has 5 nitrogen and oxygen atoms in total. The number of likely N-dealkylation sites (N-methyl/N-ethyl adjacent to an activating group) is 1. The van der Waals surface area contributed by atoms with E-state index in [0.717, 1.165) is 25.2 Å². The van der Waals surface area contributed by atoms with Crippen molar-refractivity contribution in [1.82, 2.24) is 4.31 Å². The van der Waals surface area contributed by atoms with Crippen LogP contribution in [0.3, 0.4) is 0 Å². The topological polar surface area (TPSA) is 66.5 Å². The largest absolute Gasteiger partial charge is 0.416 e. The maximum Gasteiger partial charge on any atom is 0.416 e. The van der Waals surface area contributed by atoms with Gasteiger partial charge in [0.1, 0.15) is 4.90 Å². The number of nitrogens with zero attached hydrogens (tertiary/aromatic N) is 1. The first-order valence-corrected chi connectivity index (χ1v) is 9.98. The number of halogens is 6. The van der Waals surface area contributed by atoms with Gasteiger partial charge in [0.25, 0.3) is 0 Å². The zero-order valence-electron chi connectivity index (χ0n) is 14.0. The molecule has 1 N–H and O–H groups in total. The van der Waals surface area contributed by atoms with Gasteiger partial charge in [-0.3, -0.25) is 4.79 Å². The lowest BCUT2D eigenvalue weighted by Gasteiger charge is -2.18. The molecule has 2 aromatic rings. The fraction of sp³-hybridized carbons (Fsp3) is 0.188. The Morgan fingerprint density at radius 2 is 1.68 bits per heavy atom. The summed E-state index contributed by atoms with van der Waals surface area (Å²) in [5.41, 5.74) is -1.31. The molecule has 0 aliphatic carbocycles. The Labute approximate surface area is 174 Å². The number of benzene rings is 2. The van der Waals surface area contributed by atoms with Crippen molar-refractivity contribution < 1.29 is 26.4 Å². The predicted molar refractivity (Wildman–Crippen MR) is 101 cm³/mol. The first kappa shape index (κ1) is 22.8. The minimum Gasteiger partial charge on any atom is -0.324 e. The lowest BCUT2D eigenvalue weighted by atomic mass is 10.2. The van der Waals surface area contributed by atoms with Crippen LogP contribution in [-0.2, 0) is 21.0 Å². The van der Waals surface area contributed by atoms with Crippen molar-refractivity contribution in [2.24, 2.45) is 0 Å². The van der Waals surface area contributed by atoms with Gasteiger partial charge in [-0.2, -0.15) is 17.5 Å². The van der Waals surface area contributed by atoms with E-state index in [4.69, 9.17) is 34.8 Å². The van der Waals surface area contributed by atoms with Crippen LogP contribution in [0.2, 0.25) is 15.1 Å². The Morgan fingerprint density at radius 1 is 1.07 bits per heavy atom. The summed E-state index contributed by atoms with van der Waals surface area (Å²) in [6, 6.07) is 6.19. The van der Waals surface area contributed by atoms with Crippen molar-refractivity contribution in [2.45, 2.75) is 11.1 Å². The van der Waals surface area contributed by atoms with Crippen LogP contribution in [0.5, 0.6) is 0 Å². The molecule has 12 heteroatoms. The van der Waals surface area contributed by atoms with Crippen molar-refractivity contribution in [1.29, 1.82) is 0 Å². The number of alkyl halides is 3. The summed E-state index contributed by atoms with van der Waals surface area (Å²) in [5.74, 6) is -0.898. The molecule has 0 bridgehead atoms. The summed E-state index contributed by atoms with van der Waals surface area (Å²) in [4.78, 5) is 11.8. The number of anilines is 1. The van der Waals surface area contributed by atoms with Crippen LogP contribution in [-0.4, -0.2) is 32.2 Å². The Bertz CT molecular complexity index is 1010. The van der Waals surface area contributed by atoms with E-state index in [0.29, 0.717) is 10.4 Å². The average molecular weight is 476 g/mol. The number of rotatable bonds is 5. The lowest BCUT2D eigenvalue weighted by molar-refractivity contribution is -0.137. The van der Waals surface area contributed by atoms with Crippen molar-refractivity contribution in [2.75, 3.05) is 18.9 Å². The van der Waals surface area contributed by atoms with E-state index in [1.54, 1.807) is 0 Å². The second-order valence-electron chi connectivity index (χ2n) is 5.58. The van der Waals surface area contributed by atoms with Gasteiger partial charge in [-0.15, -0.1) is 0 Å². The van der Waals surface area contributed by atoms with Gasteiger partial charge in [0.15, 0.2) is 0 Å². The Kier molecular flexibility index (Phi) is 6.88. The Balaban J connectivity index is 2.20. The smallest absolute Gasteiger partial charge is 0.324 e. The van der Waals surface area contributed by atoms with Gasteiger partial charge in [-0.1, -0.05) is 34.8 Å². The molecule has 0 heterocycles. The molecule has 28 heavy (non-hydrogen) atoms. The molecule has 1 amide bonds. The van der Waals surface area contributed by atoms with E-state index >= 15 is 0 Å². The lowest BCUT2D eigenvalue weighted by Crippen LogP contribution is -2.35. The molecule has 0 saturated heterocycles. The molecular formula is C16H12Cl3F3N2O3S. The summed E-state index contributed by atoms with van der Waals surface area (Å²) in [5, 5.41) is 2.05. The fourth-order valence-electron chi connectivity index (χ4n) is 2.12. The van der Waals surface area contributed by atoms with Crippen molar-refractivity contribution in [3.63, 3.8) is 0 Å². The predicted octanol–water partition coefficient (Wildman–Crippen LogP) is 4.92. The third-order valence-corrected chi connectivity index (χ3v) is 6.37. The maximum atomic E-state index is 12.8. The highest BCUT2D eigenvalue weighted by Crippen LogP contribution is 2.34. The second kappa shape index (κ2) is 8.46. The molecule has 0 saturated carbocycles. The standard InChI is InChI=1S/C16H12Cl3F3N2O3S/c1-24(28(26,27)14-7-10(17)3-5-12(14)19)8-15(25)23-13-6-9(16(20,21)22)2-4-11(13)18/h2-7H,8H2,1H3,(H,23,25). The molecule has 0 aliphatic heterocycles. The summed E-state index contributed by atoms with van der Waals surface area (Å²) >= 11 is 17.5.